The number of aromatic nitrogens is 4. The van der Waals surface area contributed by atoms with Crippen molar-refractivity contribution in [2.45, 2.75) is 13.8 Å². The summed E-state index contributed by atoms with van der Waals surface area (Å²) in [6.07, 6.45) is 15.3. The molecule has 5 rings (SSSR count). The average molecular weight is 415 g/mol. The molecule has 0 aliphatic carbocycles. The highest BCUT2D eigenvalue weighted by Crippen LogP contribution is 2.18. The smallest absolute Gasteiger partial charge is 0.0813 e. The van der Waals surface area contributed by atoms with Crippen molar-refractivity contribution in [3.05, 3.63) is 107 Å². The molecule has 0 fully saturated rings. The highest BCUT2D eigenvalue weighted by Gasteiger charge is 1.99. The second kappa shape index (κ2) is 8.52. The van der Waals surface area contributed by atoms with E-state index < -0.39 is 0 Å². The number of hydrogen-bond acceptors (Lipinski definition) is 4. The Morgan fingerprint density at radius 1 is 0.500 bits per heavy atom. The van der Waals surface area contributed by atoms with Crippen molar-refractivity contribution in [2.75, 3.05) is 0 Å². The van der Waals surface area contributed by atoms with Crippen LogP contribution in [0.2, 0.25) is 0 Å². The summed E-state index contributed by atoms with van der Waals surface area (Å²) in [6.45, 7) is 4.11. The first kappa shape index (κ1) is 19.8. The average Bonchev–Trinajstić information content (AvgIpc) is 2.82. The second-order valence-corrected chi connectivity index (χ2v) is 7.96. The monoisotopic (exact) mass is 414 g/mol. The Morgan fingerprint density at radius 3 is 1.41 bits per heavy atom. The predicted octanol–water partition coefficient (Wildman–Crippen LogP) is 6.53. The molecule has 0 bridgehead atoms. The van der Waals surface area contributed by atoms with E-state index in [-0.39, 0.29) is 0 Å². The molecule has 0 aliphatic heterocycles. The highest BCUT2D eigenvalue weighted by atomic mass is 14.8. The van der Waals surface area contributed by atoms with Gasteiger partial charge in [0, 0.05) is 23.2 Å². The van der Waals surface area contributed by atoms with Crippen LogP contribution in [0.15, 0.2) is 73.3 Å². The number of hydrogen-bond donors (Lipinski definition) is 0. The van der Waals surface area contributed by atoms with Crippen molar-refractivity contribution >= 4 is 46.1 Å². The van der Waals surface area contributed by atoms with E-state index in [0.29, 0.717) is 0 Å². The molecule has 0 radical (unpaired) electrons. The van der Waals surface area contributed by atoms with E-state index >= 15 is 0 Å². The summed E-state index contributed by atoms with van der Waals surface area (Å²) >= 11 is 0. The van der Waals surface area contributed by atoms with Crippen LogP contribution in [0.1, 0.15) is 33.6 Å². The van der Waals surface area contributed by atoms with Gasteiger partial charge in [0.2, 0.25) is 0 Å². The van der Waals surface area contributed by atoms with E-state index in [0.717, 1.165) is 55.4 Å². The van der Waals surface area contributed by atoms with Gasteiger partial charge in [0.05, 0.1) is 34.8 Å². The Hall–Kier alpha value is -4.18. The summed E-state index contributed by atoms with van der Waals surface area (Å²) < 4.78 is 0. The molecule has 3 aromatic heterocycles. The molecule has 0 unspecified atom stereocenters. The van der Waals surface area contributed by atoms with Gasteiger partial charge in [-0.2, -0.15) is 0 Å². The van der Waals surface area contributed by atoms with E-state index in [9.17, 15) is 0 Å². The van der Waals surface area contributed by atoms with E-state index in [1.165, 1.54) is 0 Å². The van der Waals surface area contributed by atoms with Crippen LogP contribution in [0.25, 0.3) is 46.1 Å². The fourth-order valence-corrected chi connectivity index (χ4v) is 3.59. The fourth-order valence-electron chi connectivity index (χ4n) is 3.59. The lowest BCUT2D eigenvalue weighted by Crippen LogP contribution is -1.87. The Bertz CT molecular complexity index is 1370. The first-order valence-electron chi connectivity index (χ1n) is 10.5. The van der Waals surface area contributed by atoms with Crippen molar-refractivity contribution in [3.63, 3.8) is 0 Å². The zero-order chi connectivity index (χ0) is 21.9. The van der Waals surface area contributed by atoms with Gasteiger partial charge < -0.3 is 0 Å². The Labute approximate surface area is 187 Å². The van der Waals surface area contributed by atoms with Crippen molar-refractivity contribution in [1.29, 1.82) is 0 Å². The van der Waals surface area contributed by atoms with Crippen LogP contribution in [0, 0.1) is 13.8 Å². The van der Waals surface area contributed by atoms with Gasteiger partial charge >= 0.3 is 0 Å². The molecular weight excluding hydrogens is 392 g/mol. The first-order chi connectivity index (χ1) is 15.6. The summed E-state index contributed by atoms with van der Waals surface area (Å²) in [5.41, 5.74) is 8.09. The number of benzene rings is 2. The molecular formula is C28H22N4. The summed E-state index contributed by atoms with van der Waals surface area (Å²) in [4.78, 5) is 18.0. The lowest BCUT2D eigenvalue weighted by atomic mass is 10.1. The molecule has 5 aromatic rings. The van der Waals surface area contributed by atoms with Gasteiger partial charge in [-0.15, -0.1) is 0 Å². The van der Waals surface area contributed by atoms with E-state index in [2.05, 4.69) is 82.3 Å². The summed E-state index contributed by atoms with van der Waals surface area (Å²) in [5.74, 6) is 0. The molecule has 0 atom stereocenters. The van der Waals surface area contributed by atoms with Crippen LogP contribution in [0.5, 0.6) is 0 Å². The number of fused-ring (bicyclic) bond motifs is 2. The summed E-state index contributed by atoms with van der Waals surface area (Å²) in [7, 11) is 0. The van der Waals surface area contributed by atoms with E-state index in [4.69, 9.17) is 0 Å². The van der Waals surface area contributed by atoms with Gasteiger partial charge in [-0.1, -0.05) is 36.4 Å². The third-order valence-electron chi connectivity index (χ3n) is 5.27. The maximum Gasteiger partial charge on any atom is 0.0813 e. The maximum atomic E-state index is 4.51. The van der Waals surface area contributed by atoms with Crippen molar-refractivity contribution < 1.29 is 0 Å². The quantitative estimate of drug-likeness (QED) is 0.335. The highest BCUT2D eigenvalue weighted by molar-refractivity contribution is 5.84. The van der Waals surface area contributed by atoms with E-state index in [1.807, 2.05) is 36.7 Å². The summed E-state index contributed by atoms with van der Waals surface area (Å²) in [6, 6.07) is 16.8. The van der Waals surface area contributed by atoms with Gasteiger partial charge in [-0.3, -0.25) is 19.9 Å². The van der Waals surface area contributed by atoms with Gasteiger partial charge in [0.15, 0.2) is 0 Å². The zero-order valence-corrected chi connectivity index (χ0v) is 18.0. The lowest BCUT2D eigenvalue weighted by molar-refractivity contribution is 1.16. The van der Waals surface area contributed by atoms with Crippen LogP contribution >= 0.6 is 0 Å². The molecule has 0 spiro atoms. The molecule has 4 heteroatoms. The van der Waals surface area contributed by atoms with Crippen molar-refractivity contribution in [3.8, 4) is 0 Å². The molecule has 0 saturated heterocycles. The second-order valence-electron chi connectivity index (χ2n) is 7.96. The van der Waals surface area contributed by atoms with E-state index in [1.54, 1.807) is 12.4 Å². The number of nitrogens with zero attached hydrogens (tertiary/aromatic N) is 4. The van der Waals surface area contributed by atoms with Gasteiger partial charge in [-0.05, 0) is 72.5 Å². The maximum absolute atomic E-state index is 4.51. The van der Waals surface area contributed by atoms with Crippen LogP contribution in [-0.4, -0.2) is 19.9 Å². The zero-order valence-electron chi connectivity index (χ0n) is 18.0. The predicted molar refractivity (Wildman–Crippen MR) is 133 cm³/mol. The van der Waals surface area contributed by atoms with Gasteiger partial charge in [-0.25, -0.2) is 0 Å². The Morgan fingerprint density at radius 2 is 0.969 bits per heavy atom. The molecule has 0 amide bonds. The van der Waals surface area contributed by atoms with Gasteiger partial charge in [0.1, 0.15) is 0 Å². The lowest BCUT2D eigenvalue weighted by Gasteiger charge is -2.01. The minimum absolute atomic E-state index is 0.810. The van der Waals surface area contributed by atoms with Crippen LogP contribution in [0.4, 0.5) is 0 Å². The Kier molecular flexibility index (Phi) is 5.26. The van der Waals surface area contributed by atoms with Gasteiger partial charge in [0.25, 0.3) is 0 Å². The Balaban J connectivity index is 1.29. The minimum atomic E-state index is 0.810. The van der Waals surface area contributed by atoms with Crippen molar-refractivity contribution in [2.24, 2.45) is 0 Å². The SMILES string of the molecule is Cc1cnc2cc(/C=C/c3cnc(/C=C/c4ccc5cc(C)cnc5c4)cn3)ccc2c1. The standard InChI is InChI=1S/C28H22N4/c1-19-11-23-7-3-21(13-27(23)31-15-19)5-9-25-17-30-26(18-29-25)10-6-22-4-8-24-12-20(2)16-32-28(24)14-22/h3-18H,1-2H3/b9-5+,10-6+. The molecule has 3 heterocycles. The fraction of sp³-hybridized carbons (Fsp3) is 0.0714. The third kappa shape index (κ3) is 4.44. The summed E-state index contributed by atoms with van der Waals surface area (Å²) in [5, 5.41) is 2.30. The van der Waals surface area contributed by atoms with Crippen LogP contribution in [0.3, 0.4) is 0 Å². The van der Waals surface area contributed by atoms with Crippen LogP contribution < -0.4 is 0 Å². The molecule has 0 saturated carbocycles. The molecule has 32 heavy (non-hydrogen) atoms. The molecule has 0 N–H and O–H groups in total. The molecule has 2 aromatic carbocycles. The topological polar surface area (TPSA) is 51.6 Å². The molecule has 4 nitrogen and oxygen atoms in total. The number of rotatable bonds is 4. The molecule has 154 valence electrons. The molecule has 0 aliphatic rings. The number of pyridine rings is 2. The largest absolute Gasteiger partial charge is 0.256 e. The minimum Gasteiger partial charge on any atom is -0.256 e. The van der Waals surface area contributed by atoms with Crippen LogP contribution in [-0.2, 0) is 0 Å². The first-order valence-corrected chi connectivity index (χ1v) is 10.5. The van der Waals surface area contributed by atoms with Crippen molar-refractivity contribution in [1.82, 2.24) is 19.9 Å². The normalized spacial score (nSPS) is 11.8. The third-order valence-corrected chi connectivity index (χ3v) is 5.27. The number of aryl methyl sites for hydroxylation is 2.